The minimum absolute atomic E-state index is 0.315. The van der Waals surface area contributed by atoms with Gasteiger partial charge in [-0.15, -0.1) is 16.8 Å². The van der Waals surface area contributed by atoms with Crippen molar-refractivity contribution >= 4 is 29.1 Å². The standard InChI is InChI=1S/C20H20ClFN4S/c1-4-12-26-19(14-8-10-15(11-9-14)25(2)3)23-24-20(26)27-13-16-17(21)6-5-7-18(16)22/h4-11H,1,12-13H2,2-3H3. The molecule has 3 rings (SSSR count). The summed E-state index contributed by atoms with van der Waals surface area (Å²) in [6.45, 7) is 4.38. The summed E-state index contributed by atoms with van der Waals surface area (Å²) in [6.07, 6.45) is 1.79. The molecule has 0 saturated heterocycles. The molecular weight excluding hydrogens is 383 g/mol. The number of allylic oxidation sites excluding steroid dienone is 1. The highest BCUT2D eigenvalue weighted by Crippen LogP contribution is 2.30. The van der Waals surface area contributed by atoms with Crippen LogP contribution in [0.2, 0.25) is 5.02 Å². The highest BCUT2D eigenvalue weighted by atomic mass is 35.5. The van der Waals surface area contributed by atoms with Crippen LogP contribution >= 0.6 is 23.4 Å². The Hall–Kier alpha value is -2.31. The molecule has 0 saturated carbocycles. The van der Waals surface area contributed by atoms with Crippen LogP contribution in [-0.4, -0.2) is 28.9 Å². The minimum atomic E-state index is -0.315. The molecule has 0 fully saturated rings. The third-order valence-corrected chi connectivity index (χ3v) is 5.43. The van der Waals surface area contributed by atoms with E-state index >= 15 is 0 Å². The lowest BCUT2D eigenvalue weighted by Gasteiger charge is -2.13. The van der Waals surface area contributed by atoms with Crippen LogP contribution in [0.15, 0.2) is 60.3 Å². The second-order valence-corrected chi connectivity index (χ2v) is 7.49. The van der Waals surface area contributed by atoms with Gasteiger partial charge in [-0.25, -0.2) is 4.39 Å². The van der Waals surface area contributed by atoms with E-state index in [9.17, 15) is 4.39 Å². The molecule has 7 heteroatoms. The van der Waals surface area contributed by atoms with E-state index in [2.05, 4.69) is 16.8 Å². The second-order valence-electron chi connectivity index (χ2n) is 6.14. The summed E-state index contributed by atoms with van der Waals surface area (Å²) in [5.74, 6) is 0.812. The van der Waals surface area contributed by atoms with Crippen LogP contribution in [0.1, 0.15) is 5.56 Å². The van der Waals surface area contributed by atoms with Gasteiger partial charge in [-0.1, -0.05) is 35.5 Å². The van der Waals surface area contributed by atoms with Crippen LogP contribution in [0.5, 0.6) is 0 Å². The van der Waals surface area contributed by atoms with Gasteiger partial charge in [0.05, 0.1) is 0 Å². The topological polar surface area (TPSA) is 34.0 Å². The van der Waals surface area contributed by atoms with Crippen LogP contribution < -0.4 is 4.90 Å². The number of hydrogen-bond donors (Lipinski definition) is 0. The Labute approximate surface area is 167 Å². The molecule has 27 heavy (non-hydrogen) atoms. The lowest BCUT2D eigenvalue weighted by Crippen LogP contribution is -2.08. The van der Waals surface area contributed by atoms with Crippen LogP contribution in [0.25, 0.3) is 11.4 Å². The summed E-state index contributed by atoms with van der Waals surface area (Å²) in [7, 11) is 4.00. The molecule has 0 spiro atoms. The van der Waals surface area contributed by atoms with E-state index in [-0.39, 0.29) is 5.82 Å². The molecule has 1 heterocycles. The Kier molecular flexibility index (Phi) is 6.19. The molecule has 0 N–H and O–H groups in total. The van der Waals surface area contributed by atoms with Gasteiger partial charge in [0.25, 0.3) is 0 Å². The van der Waals surface area contributed by atoms with Crippen LogP contribution in [0.3, 0.4) is 0 Å². The number of nitrogens with zero attached hydrogens (tertiary/aromatic N) is 4. The zero-order valence-electron chi connectivity index (χ0n) is 15.2. The van der Waals surface area contributed by atoms with Crippen molar-refractivity contribution in [2.45, 2.75) is 17.5 Å². The molecule has 0 aliphatic carbocycles. The predicted molar refractivity (Wildman–Crippen MR) is 111 cm³/mol. The number of anilines is 1. The highest BCUT2D eigenvalue weighted by molar-refractivity contribution is 7.98. The summed E-state index contributed by atoms with van der Waals surface area (Å²) in [5, 5.41) is 9.74. The molecular formula is C20H20ClFN4S. The normalized spacial score (nSPS) is 10.8. The number of benzene rings is 2. The minimum Gasteiger partial charge on any atom is -0.378 e. The Morgan fingerprint density at radius 1 is 1.19 bits per heavy atom. The molecule has 3 aromatic rings. The highest BCUT2D eigenvalue weighted by Gasteiger charge is 2.15. The molecule has 0 aliphatic rings. The summed E-state index contributed by atoms with van der Waals surface area (Å²) < 4.78 is 16.0. The van der Waals surface area contributed by atoms with Gasteiger partial charge in [-0.2, -0.15) is 0 Å². The van der Waals surface area contributed by atoms with Gasteiger partial charge in [0.2, 0.25) is 0 Å². The third kappa shape index (κ3) is 4.34. The summed E-state index contributed by atoms with van der Waals surface area (Å²) in [4.78, 5) is 2.04. The average molecular weight is 403 g/mol. The predicted octanol–water partition coefficient (Wildman–Crippen LogP) is 5.28. The molecule has 140 valence electrons. The smallest absolute Gasteiger partial charge is 0.192 e. The van der Waals surface area contributed by atoms with Crippen molar-refractivity contribution in [1.29, 1.82) is 0 Å². The summed E-state index contributed by atoms with van der Waals surface area (Å²) in [6, 6.07) is 12.8. The maximum absolute atomic E-state index is 14.0. The largest absolute Gasteiger partial charge is 0.378 e. The van der Waals surface area contributed by atoms with Crippen molar-refractivity contribution in [2.75, 3.05) is 19.0 Å². The fourth-order valence-corrected chi connectivity index (χ4v) is 3.91. The number of aromatic nitrogens is 3. The van der Waals surface area contributed by atoms with Gasteiger partial charge in [0.15, 0.2) is 11.0 Å². The lowest BCUT2D eigenvalue weighted by molar-refractivity contribution is 0.617. The van der Waals surface area contributed by atoms with E-state index < -0.39 is 0 Å². The first-order valence-corrected chi connectivity index (χ1v) is 9.75. The zero-order chi connectivity index (χ0) is 19.4. The van der Waals surface area contributed by atoms with Crippen molar-refractivity contribution in [3.8, 4) is 11.4 Å². The van der Waals surface area contributed by atoms with Gasteiger partial charge in [-0.3, -0.25) is 4.57 Å². The Morgan fingerprint density at radius 3 is 2.56 bits per heavy atom. The third-order valence-electron chi connectivity index (χ3n) is 4.08. The molecule has 0 amide bonds. The fourth-order valence-electron chi connectivity index (χ4n) is 2.62. The molecule has 0 unspecified atom stereocenters. The Balaban J connectivity index is 1.88. The van der Waals surface area contributed by atoms with Gasteiger partial charge < -0.3 is 4.90 Å². The number of hydrogen-bond acceptors (Lipinski definition) is 4. The van der Waals surface area contributed by atoms with Crippen molar-refractivity contribution in [2.24, 2.45) is 0 Å². The van der Waals surface area contributed by atoms with Crippen LogP contribution in [-0.2, 0) is 12.3 Å². The number of halogens is 2. The SMILES string of the molecule is C=CCn1c(SCc2c(F)cccc2Cl)nnc1-c1ccc(N(C)C)cc1. The first-order valence-electron chi connectivity index (χ1n) is 8.38. The molecule has 0 bridgehead atoms. The average Bonchev–Trinajstić information content (AvgIpc) is 3.04. The zero-order valence-corrected chi connectivity index (χ0v) is 16.8. The molecule has 2 aromatic carbocycles. The van der Waals surface area contributed by atoms with E-state index in [1.807, 2.05) is 47.8 Å². The van der Waals surface area contributed by atoms with Crippen LogP contribution in [0, 0.1) is 5.82 Å². The fraction of sp³-hybridized carbons (Fsp3) is 0.200. The van der Waals surface area contributed by atoms with Gasteiger partial charge >= 0.3 is 0 Å². The van der Waals surface area contributed by atoms with Gasteiger partial charge in [0.1, 0.15) is 5.82 Å². The van der Waals surface area contributed by atoms with Crippen LogP contribution in [0.4, 0.5) is 10.1 Å². The Bertz CT molecular complexity index is 917. The molecule has 0 atom stereocenters. The summed E-state index contributed by atoms with van der Waals surface area (Å²) >= 11 is 7.52. The number of thioether (sulfide) groups is 1. The van der Waals surface area contributed by atoms with Crippen molar-refractivity contribution in [3.05, 3.63) is 71.5 Å². The maximum Gasteiger partial charge on any atom is 0.192 e. The maximum atomic E-state index is 14.0. The van der Waals surface area contributed by atoms with Crippen molar-refractivity contribution < 1.29 is 4.39 Å². The van der Waals surface area contributed by atoms with Gasteiger partial charge in [-0.05, 0) is 36.4 Å². The lowest BCUT2D eigenvalue weighted by atomic mass is 10.2. The van der Waals surface area contributed by atoms with E-state index in [0.29, 0.717) is 28.0 Å². The first-order chi connectivity index (χ1) is 13.0. The molecule has 0 aliphatic heterocycles. The van der Waals surface area contributed by atoms with E-state index in [1.54, 1.807) is 18.2 Å². The van der Waals surface area contributed by atoms with E-state index in [0.717, 1.165) is 17.1 Å². The summed E-state index contributed by atoms with van der Waals surface area (Å²) in [5.41, 5.74) is 2.54. The van der Waals surface area contributed by atoms with Crippen molar-refractivity contribution in [3.63, 3.8) is 0 Å². The van der Waals surface area contributed by atoms with Gasteiger partial charge in [0, 0.05) is 48.2 Å². The molecule has 1 aromatic heterocycles. The molecule has 4 nitrogen and oxygen atoms in total. The van der Waals surface area contributed by atoms with Crippen molar-refractivity contribution in [1.82, 2.24) is 14.8 Å². The van der Waals surface area contributed by atoms with E-state index in [1.165, 1.54) is 17.8 Å². The quantitative estimate of drug-likeness (QED) is 0.397. The second kappa shape index (κ2) is 8.59. The monoisotopic (exact) mass is 402 g/mol. The molecule has 0 radical (unpaired) electrons. The Morgan fingerprint density at radius 2 is 1.93 bits per heavy atom. The first kappa shape index (κ1) is 19.5. The van der Waals surface area contributed by atoms with E-state index in [4.69, 9.17) is 11.6 Å². The number of rotatable bonds is 7.